The zero-order valence-corrected chi connectivity index (χ0v) is 8.97. The number of rotatable bonds is 2. The van der Waals surface area contributed by atoms with Gasteiger partial charge in [0.25, 0.3) is 0 Å². The molecular formula is C11H12N2O3. The number of nitrogens with zero attached hydrogens (tertiary/aromatic N) is 2. The first-order chi connectivity index (χ1) is 7.72. The Morgan fingerprint density at radius 2 is 1.94 bits per heavy atom. The molecule has 1 saturated heterocycles. The molecule has 0 radical (unpaired) electrons. The standard InChI is InChI=1S/C11H12N2O3/c1-16-9-6-5-8(7-12-9)13-10(14)3-2-4-11(13)15/h5-7H,2-4H2,1H3. The summed E-state index contributed by atoms with van der Waals surface area (Å²) in [5, 5.41) is 0. The lowest BCUT2D eigenvalue weighted by molar-refractivity contribution is -0.129. The van der Waals surface area contributed by atoms with Crippen molar-refractivity contribution in [3.05, 3.63) is 18.3 Å². The number of aromatic nitrogens is 1. The number of hydrogen-bond acceptors (Lipinski definition) is 4. The van der Waals surface area contributed by atoms with Crippen LogP contribution in [0.3, 0.4) is 0 Å². The van der Waals surface area contributed by atoms with Gasteiger partial charge in [-0.1, -0.05) is 0 Å². The van der Waals surface area contributed by atoms with Crippen LogP contribution < -0.4 is 9.64 Å². The highest BCUT2D eigenvalue weighted by Gasteiger charge is 2.27. The van der Waals surface area contributed by atoms with E-state index in [-0.39, 0.29) is 11.8 Å². The van der Waals surface area contributed by atoms with Crippen molar-refractivity contribution in [2.45, 2.75) is 19.3 Å². The maximum absolute atomic E-state index is 11.6. The Labute approximate surface area is 93.0 Å². The summed E-state index contributed by atoms with van der Waals surface area (Å²) in [5.41, 5.74) is 0.510. The average Bonchev–Trinajstić information content (AvgIpc) is 2.30. The zero-order chi connectivity index (χ0) is 11.5. The van der Waals surface area contributed by atoms with E-state index in [1.807, 2.05) is 0 Å². The first-order valence-electron chi connectivity index (χ1n) is 5.08. The van der Waals surface area contributed by atoms with Crippen LogP contribution in [0.4, 0.5) is 5.69 Å². The number of hydrogen-bond donors (Lipinski definition) is 0. The molecule has 0 aliphatic carbocycles. The normalized spacial score (nSPS) is 16.4. The van der Waals surface area contributed by atoms with E-state index >= 15 is 0 Å². The average molecular weight is 220 g/mol. The maximum atomic E-state index is 11.6. The number of imide groups is 1. The monoisotopic (exact) mass is 220 g/mol. The van der Waals surface area contributed by atoms with Crippen LogP contribution in [-0.2, 0) is 9.59 Å². The fourth-order valence-electron chi connectivity index (χ4n) is 1.67. The Balaban J connectivity index is 2.27. The lowest BCUT2D eigenvalue weighted by Crippen LogP contribution is -2.40. The van der Waals surface area contributed by atoms with Crippen molar-refractivity contribution < 1.29 is 14.3 Å². The fraction of sp³-hybridized carbons (Fsp3) is 0.364. The van der Waals surface area contributed by atoms with Crippen molar-refractivity contribution in [1.82, 2.24) is 4.98 Å². The Hall–Kier alpha value is -1.91. The molecule has 0 bridgehead atoms. The third-order valence-corrected chi connectivity index (χ3v) is 2.47. The van der Waals surface area contributed by atoms with Gasteiger partial charge in [-0.05, 0) is 12.5 Å². The Bertz CT molecular complexity index is 398. The highest BCUT2D eigenvalue weighted by Crippen LogP contribution is 2.22. The van der Waals surface area contributed by atoms with Crippen molar-refractivity contribution in [3.8, 4) is 5.88 Å². The highest BCUT2D eigenvalue weighted by molar-refractivity contribution is 6.16. The SMILES string of the molecule is COc1ccc(N2C(=O)CCCC2=O)cn1. The minimum absolute atomic E-state index is 0.164. The number of carbonyl (C=O) groups is 2. The smallest absolute Gasteiger partial charge is 0.233 e. The first-order valence-corrected chi connectivity index (χ1v) is 5.08. The topological polar surface area (TPSA) is 59.5 Å². The number of methoxy groups -OCH3 is 1. The van der Waals surface area contributed by atoms with Gasteiger partial charge in [-0.25, -0.2) is 9.88 Å². The van der Waals surface area contributed by atoms with E-state index in [1.54, 1.807) is 12.1 Å². The summed E-state index contributed by atoms with van der Waals surface area (Å²) in [7, 11) is 1.51. The molecule has 0 saturated carbocycles. The largest absolute Gasteiger partial charge is 0.481 e. The fourth-order valence-corrected chi connectivity index (χ4v) is 1.67. The van der Waals surface area contributed by atoms with Crippen LogP contribution in [0, 0.1) is 0 Å². The molecular weight excluding hydrogens is 208 g/mol. The van der Waals surface area contributed by atoms with Crippen molar-refractivity contribution in [2.75, 3.05) is 12.0 Å². The Kier molecular flexibility index (Phi) is 2.85. The third kappa shape index (κ3) is 1.88. The molecule has 0 aromatic carbocycles. The highest BCUT2D eigenvalue weighted by atomic mass is 16.5. The van der Waals surface area contributed by atoms with Gasteiger partial charge in [-0.3, -0.25) is 9.59 Å². The van der Waals surface area contributed by atoms with Crippen LogP contribution in [0.1, 0.15) is 19.3 Å². The van der Waals surface area contributed by atoms with E-state index in [2.05, 4.69) is 4.98 Å². The molecule has 16 heavy (non-hydrogen) atoms. The predicted octanol–water partition coefficient (Wildman–Crippen LogP) is 1.13. The summed E-state index contributed by atoms with van der Waals surface area (Å²) in [6.45, 7) is 0. The Morgan fingerprint density at radius 3 is 2.44 bits per heavy atom. The number of anilines is 1. The molecule has 0 spiro atoms. The van der Waals surface area contributed by atoms with Gasteiger partial charge in [0.15, 0.2) is 0 Å². The number of carbonyl (C=O) groups excluding carboxylic acids is 2. The Morgan fingerprint density at radius 1 is 1.25 bits per heavy atom. The molecule has 5 heteroatoms. The van der Waals surface area contributed by atoms with Crippen LogP contribution in [0.2, 0.25) is 0 Å². The van der Waals surface area contributed by atoms with E-state index in [1.165, 1.54) is 18.2 Å². The van der Waals surface area contributed by atoms with Gasteiger partial charge in [0.1, 0.15) is 0 Å². The number of amides is 2. The van der Waals surface area contributed by atoms with Gasteiger partial charge in [0.2, 0.25) is 17.7 Å². The number of piperidine rings is 1. The van der Waals surface area contributed by atoms with Gasteiger partial charge in [0.05, 0.1) is 19.0 Å². The van der Waals surface area contributed by atoms with Crippen LogP contribution in [0.15, 0.2) is 18.3 Å². The molecule has 84 valence electrons. The summed E-state index contributed by atoms with van der Waals surface area (Å²) in [5.74, 6) is 0.132. The summed E-state index contributed by atoms with van der Waals surface area (Å²) in [6.07, 6.45) is 2.94. The molecule has 2 rings (SSSR count). The molecule has 1 fully saturated rings. The van der Waals surface area contributed by atoms with Crippen molar-refractivity contribution in [3.63, 3.8) is 0 Å². The predicted molar refractivity (Wildman–Crippen MR) is 57.1 cm³/mol. The summed E-state index contributed by atoms with van der Waals surface area (Å²) in [6, 6.07) is 3.29. The van der Waals surface area contributed by atoms with Crippen molar-refractivity contribution in [2.24, 2.45) is 0 Å². The lowest BCUT2D eigenvalue weighted by atomic mass is 10.1. The van der Waals surface area contributed by atoms with Crippen molar-refractivity contribution >= 4 is 17.5 Å². The second kappa shape index (κ2) is 4.30. The second-order valence-corrected chi connectivity index (χ2v) is 3.54. The van der Waals surface area contributed by atoms with E-state index in [9.17, 15) is 9.59 Å². The van der Waals surface area contributed by atoms with E-state index < -0.39 is 0 Å². The molecule has 2 heterocycles. The first kappa shape index (κ1) is 10.6. The molecule has 1 aromatic rings. The summed E-state index contributed by atoms with van der Waals surface area (Å²) in [4.78, 5) is 28.4. The van der Waals surface area contributed by atoms with Gasteiger partial charge in [-0.2, -0.15) is 0 Å². The maximum Gasteiger partial charge on any atom is 0.233 e. The van der Waals surface area contributed by atoms with Crippen LogP contribution in [-0.4, -0.2) is 23.9 Å². The molecule has 0 N–H and O–H groups in total. The van der Waals surface area contributed by atoms with Gasteiger partial charge in [0, 0.05) is 18.9 Å². The van der Waals surface area contributed by atoms with Crippen LogP contribution in [0.5, 0.6) is 5.88 Å². The van der Waals surface area contributed by atoms with Gasteiger partial charge in [-0.15, -0.1) is 0 Å². The van der Waals surface area contributed by atoms with Crippen LogP contribution in [0.25, 0.3) is 0 Å². The van der Waals surface area contributed by atoms with Gasteiger partial charge >= 0.3 is 0 Å². The van der Waals surface area contributed by atoms with E-state index in [4.69, 9.17) is 4.74 Å². The number of pyridine rings is 1. The molecule has 1 aromatic heterocycles. The molecule has 0 atom stereocenters. The van der Waals surface area contributed by atoms with Gasteiger partial charge < -0.3 is 4.74 Å². The molecule has 2 amide bonds. The molecule has 1 aliphatic heterocycles. The van der Waals surface area contributed by atoms with E-state index in [0.29, 0.717) is 30.8 Å². The summed E-state index contributed by atoms with van der Waals surface area (Å²) >= 11 is 0. The number of ether oxygens (including phenoxy) is 1. The van der Waals surface area contributed by atoms with E-state index in [0.717, 1.165) is 0 Å². The minimum Gasteiger partial charge on any atom is -0.481 e. The van der Waals surface area contributed by atoms with Crippen molar-refractivity contribution in [1.29, 1.82) is 0 Å². The summed E-state index contributed by atoms with van der Waals surface area (Å²) < 4.78 is 4.91. The lowest BCUT2D eigenvalue weighted by Gasteiger charge is -2.24. The quantitative estimate of drug-likeness (QED) is 0.701. The minimum atomic E-state index is -0.164. The second-order valence-electron chi connectivity index (χ2n) is 3.54. The van der Waals surface area contributed by atoms with Crippen LogP contribution >= 0.6 is 0 Å². The third-order valence-electron chi connectivity index (χ3n) is 2.47. The zero-order valence-electron chi connectivity index (χ0n) is 8.97. The molecule has 5 nitrogen and oxygen atoms in total. The molecule has 0 unspecified atom stereocenters. The molecule has 1 aliphatic rings.